The van der Waals surface area contributed by atoms with E-state index in [1.807, 2.05) is 24.3 Å². The summed E-state index contributed by atoms with van der Waals surface area (Å²) < 4.78 is 7.79. The average Bonchev–Trinajstić information content (AvgIpc) is 2.96. The number of halogens is 2. The minimum absolute atomic E-state index is 0.307. The Morgan fingerprint density at radius 1 is 1.25 bits per heavy atom. The lowest BCUT2D eigenvalue weighted by molar-refractivity contribution is 0.570. The number of hydrogen-bond acceptors (Lipinski definition) is 3. The van der Waals surface area contributed by atoms with Crippen molar-refractivity contribution in [3.05, 3.63) is 46.3 Å². The highest BCUT2D eigenvalue weighted by Gasteiger charge is 2.20. The van der Waals surface area contributed by atoms with Crippen LogP contribution in [0.1, 0.15) is 0 Å². The number of aryl methyl sites for hydroxylation is 1. The van der Waals surface area contributed by atoms with Gasteiger partial charge in [0.1, 0.15) is 11.5 Å². The molecule has 0 saturated carbocycles. The lowest BCUT2D eigenvalue weighted by Crippen LogP contribution is -1.97. The van der Waals surface area contributed by atoms with Gasteiger partial charge < -0.3 is 10.2 Å². The van der Waals surface area contributed by atoms with Gasteiger partial charge in [-0.1, -0.05) is 28.1 Å². The highest BCUT2D eigenvalue weighted by atomic mass is 79.9. The van der Waals surface area contributed by atoms with Crippen molar-refractivity contribution in [2.75, 3.05) is 5.73 Å². The Kier molecular flexibility index (Phi) is 3.31. The molecule has 0 spiro atoms. The fourth-order valence-corrected chi connectivity index (χ4v) is 2.56. The number of nitrogen functional groups attached to an aromatic ring is 1. The molecule has 1 aromatic carbocycles. The molecular formula is C14H11BrClN3O. The lowest BCUT2D eigenvalue weighted by atomic mass is 10.0. The lowest BCUT2D eigenvalue weighted by Gasteiger charge is -2.03. The molecule has 0 atom stereocenters. The fourth-order valence-electron chi connectivity index (χ4n) is 2.09. The normalized spacial score (nSPS) is 10.9. The van der Waals surface area contributed by atoms with Gasteiger partial charge in [0.15, 0.2) is 0 Å². The van der Waals surface area contributed by atoms with E-state index in [1.54, 1.807) is 17.8 Å². The molecular weight excluding hydrogens is 342 g/mol. The van der Waals surface area contributed by atoms with Crippen molar-refractivity contribution in [1.82, 2.24) is 9.78 Å². The topological polar surface area (TPSA) is 57.0 Å². The number of rotatable bonds is 2. The third kappa shape index (κ3) is 2.13. The Labute approximate surface area is 129 Å². The minimum Gasteiger partial charge on any atom is -0.452 e. The number of hydrogen-bond donors (Lipinski definition) is 1. The Balaban J connectivity index is 2.25. The summed E-state index contributed by atoms with van der Waals surface area (Å²) in [6, 6.07) is 9.67. The molecule has 0 bridgehead atoms. The molecule has 20 heavy (non-hydrogen) atoms. The van der Waals surface area contributed by atoms with E-state index >= 15 is 0 Å². The molecule has 2 aromatic heterocycles. The van der Waals surface area contributed by atoms with E-state index < -0.39 is 0 Å². The standard InChI is InChI=1S/C14H11BrClN3O/c1-19-14(17)11(8-2-4-9(15)5-3-8)12(18-19)10-6-7-20-13(10)16/h2-7H,17H2,1H3. The maximum atomic E-state index is 6.14. The minimum atomic E-state index is 0.307. The molecule has 0 aliphatic heterocycles. The molecule has 0 radical (unpaired) electrons. The summed E-state index contributed by atoms with van der Waals surface area (Å²) in [5.41, 5.74) is 9.42. The second kappa shape index (κ2) is 5.00. The van der Waals surface area contributed by atoms with E-state index in [0.717, 1.165) is 21.2 Å². The molecule has 6 heteroatoms. The number of nitrogens with two attached hydrogens (primary N) is 1. The zero-order valence-corrected chi connectivity index (χ0v) is 12.9. The van der Waals surface area contributed by atoms with Crippen molar-refractivity contribution in [1.29, 1.82) is 0 Å². The smallest absolute Gasteiger partial charge is 0.202 e. The molecule has 0 aliphatic rings. The first-order valence-corrected chi connectivity index (χ1v) is 7.07. The predicted molar refractivity (Wildman–Crippen MR) is 83.5 cm³/mol. The van der Waals surface area contributed by atoms with E-state index in [4.69, 9.17) is 21.8 Å². The molecule has 0 saturated heterocycles. The zero-order chi connectivity index (χ0) is 14.3. The molecule has 0 aliphatic carbocycles. The fraction of sp³-hybridized carbons (Fsp3) is 0.0714. The van der Waals surface area contributed by atoms with Crippen LogP contribution in [0.15, 0.2) is 45.5 Å². The van der Waals surface area contributed by atoms with Gasteiger partial charge in [-0.05, 0) is 35.4 Å². The van der Waals surface area contributed by atoms with E-state index in [-0.39, 0.29) is 0 Å². The van der Waals surface area contributed by atoms with Crippen LogP contribution in [-0.2, 0) is 7.05 Å². The Hall–Kier alpha value is -1.72. The molecule has 0 unspecified atom stereocenters. The first-order valence-electron chi connectivity index (χ1n) is 5.89. The molecule has 102 valence electrons. The van der Waals surface area contributed by atoms with Crippen molar-refractivity contribution < 1.29 is 4.42 Å². The summed E-state index contributed by atoms with van der Waals surface area (Å²) in [4.78, 5) is 0. The van der Waals surface area contributed by atoms with Crippen molar-refractivity contribution in [2.45, 2.75) is 0 Å². The zero-order valence-electron chi connectivity index (χ0n) is 10.6. The van der Waals surface area contributed by atoms with Gasteiger partial charge in [0, 0.05) is 11.5 Å². The molecule has 2 N–H and O–H groups in total. The molecule has 0 fully saturated rings. The highest BCUT2D eigenvalue weighted by molar-refractivity contribution is 9.10. The van der Waals surface area contributed by atoms with Crippen LogP contribution in [-0.4, -0.2) is 9.78 Å². The van der Waals surface area contributed by atoms with Crippen molar-refractivity contribution in [2.24, 2.45) is 7.05 Å². The number of benzene rings is 1. The Morgan fingerprint density at radius 3 is 2.55 bits per heavy atom. The van der Waals surface area contributed by atoms with Gasteiger partial charge >= 0.3 is 0 Å². The highest BCUT2D eigenvalue weighted by Crippen LogP contribution is 2.39. The summed E-state index contributed by atoms with van der Waals surface area (Å²) in [6.45, 7) is 0. The van der Waals surface area contributed by atoms with Crippen LogP contribution in [0.5, 0.6) is 0 Å². The first kappa shape index (κ1) is 13.3. The quantitative estimate of drug-likeness (QED) is 0.746. The molecule has 3 rings (SSSR count). The second-order valence-corrected chi connectivity index (χ2v) is 5.61. The van der Waals surface area contributed by atoms with Gasteiger partial charge in [0.2, 0.25) is 5.22 Å². The van der Waals surface area contributed by atoms with Crippen LogP contribution < -0.4 is 5.73 Å². The van der Waals surface area contributed by atoms with Gasteiger partial charge in [-0.3, -0.25) is 4.68 Å². The van der Waals surface area contributed by atoms with Crippen LogP contribution >= 0.6 is 27.5 Å². The van der Waals surface area contributed by atoms with E-state index in [9.17, 15) is 0 Å². The average molecular weight is 353 g/mol. The Bertz CT molecular complexity index is 761. The summed E-state index contributed by atoms with van der Waals surface area (Å²) in [6.07, 6.45) is 1.54. The number of anilines is 1. The van der Waals surface area contributed by atoms with Crippen LogP contribution in [0.3, 0.4) is 0 Å². The molecule has 3 aromatic rings. The van der Waals surface area contributed by atoms with Gasteiger partial charge in [-0.2, -0.15) is 5.10 Å². The first-order chi connectivity index (χ1) is 9.58. The molecule has 4 nitrogen and oxygen atoms in total. The molecule has 2 heterocycles. The van der Waals surface area contributed by atoms with Crippen LogP contribution in [0.25, 0.3) is 22.4 Å². The summed E-state index contributed by atoms with van der Waals surface area (Å²) >= 11 is 9.48. The van der Waals surface area contributed by atoms with Crippen molar-refractivity contribution >= 4 is 33.3 Å². The SMILES string of the molecule is Cn1nc(-c2ccoc2Cl)c(-c2ccc(Br)cc2)c1N. The van der Waals surface area contributed by atoms with Crippen LogP contribution in [0.2, 0.25) is 5.22 Å². The van der Waals surface area contributed by atoms with Gasteiger partial charge in [0.25, 0.3) is 0 Å². The third-order valence-corrected chi connectivity index (χ3v) is 3.92. The summed E-state index contributed by atoms with van der Waals surface area (Å²) in [7, 11) is 1.80. The number of aromatic nitrogens is 2. The third-order valence-electron chi connectivity index (χ3n) is 3.10. The summed E-state index contributed by atoms with van der Waals surface area (Å²) in [5, 5.41) is 4.75. The van der Waals surface area contributed by atoms with E-state index in [1.165, 1.54) is 6.26 Å². The largest absolute Gasteiger partial charge is 0.452 e. The Morgan fingerprint density at radius 2 is 1.95 bits per heavy atom. The maximum absolute atomic E-state index is 6.14. The summed E-state index contributed by atoms with van der Waals surface area (Å²) in [5.74, 6) is 0.583. The van der Waals surface area contributed by atoms with Crippen LogP contribution in [0, 0.1) is 0 Å². The van der Waals surface area contributed by atoms with E-state index in [0.29, 0.717) is 16.7 Å². The second-order valence-electron chi connectivity index (χ2n) is 4.35. The van der Waals surface area contributed by atoms with Crippen LogP contribution in [0.4, 0.5) is 5.82 Å². The number of nitrogens with zero attached hydrogens (tertiary/aromatic N) is 2. The number of furan rings is 1. The van der Waals surface area contributed by atoms with Gasteiger partial charge in [-0.15, -0.1) is 0 Å². The van der Waals surface area contributed by atoms with Crippen molar-refractivity contribution in [3.63, 3.8) is 0 Å². The van der Waals surface area contributed by atoms with Gasteiger partial charge in [-0.25, -0.2) is 0 Å². The predicted octanol–water partition coefficient (Wildman–Crippen LogP) is 4.35. The molecule has 0 amide bonds. The monoisotopic (exact) mass is 351 g/mol. The van der Waals surface area contributed by atoms with Crippen molar-refractivity contribution in [3.8, 4) is 22.4 Å². The van der Waals surface area contributed by atoms with E-state index in [2.05, 4.69) is 21.0 Å². The maximum Gasteiger partial charge on any atom is 0.202 e. The van der Waals surface area contributed by atoms with Gasteiger partial charge in [0.05, 0.1) is 17.4 Å².